The van der Waals surface area contributed by atoms with Gasteiger partial charge in [-0.15, -0.1) is 0 Å². The standard InChI is InChI=1S/C26H20N4OS/c27-15-13-22-14-16-28-25(30(22)26-29-23-11-4-5-12-24(23)32-26)31-18-19-7-6-10-21(17-19)20-8-2-1-3-9-20/h1-12,14,16-17,22H,13,18H2. The number of ether oxygens (including phenoxy) is 1. The summed E-state index contributed by atoms with van der Waals surface area (Å²) in [4.78, 5) is 11.2. The van der Waals surface area contributed by atoms with Crippen LogP contribution in [0.1, 0.15) is 12.0 Å². The Labute approximate surface area is 190 Å². The van der Waals surface area contributed by atoms with E-state index in [1.807, 2.05) is 65.6 Å². The van der Waals surface area contributed by atoms with E-state index in [4.69, 9.17) is 9.72 Å². The molecule has 0 saturated carbocycles. The van der Waals surface area contributed by atoms with Crippen LogP contribution in [0.25, 0.3) is 21.3 Å². The van der Waals surface area contributed by atoms with Crippen LogP contribution in [-0.4, -0.2) is 17.0 Å². The fourth-order valence-corrected chi connectivity index (χ4v) is 4.68. The Morgan fingerprint density at radius 1 is 0.969 bits per heavy atom. The average molecular weight is 437 g/mol. The van der Waals surface area contributed by atoms with Crippen molar-refractivity contribution in [2.75, 3.05) is 4.90 Å². The maximum absolute atomic E-state index is 9.35. The van der Waals surface area contributed by atoms with Crippen LogP contribution >= 0.6 is 11.3 Å². The first-order valence-electron chi connectivity index (χ1n) is 10.4. The summed E-state index contributed by atoms with van der Waals surface area (Å²) < 4.78 is 7.27. The molecule has 0 bridgehead atoms. The lowest BCUT2D eigenvalue weighted by atomic mass is 10.0. The van der Waals surface area contributed by atoms with Gasteiger partial charge in [0.05, 0.1) is 28.7 Å². The zero-order valence-corrected chi connectivity index (χ0v) is 18.1. The molecule has 0 radical (unpaired) electrons. The molecule has 2 heterocycles. The summed E-state index contributed by atoms with van der Waals surface area (Å²) >= 11 is 1.57. The Balaban J connectivity index is 1.41. The van der Waals surface area contributed by atoms with Gasteiger partial charge in [0.1, 0.15) is 6.61 Å². The predicted octanol–water partition coefficient (Wildman–Crippen LogP) is 6.15. The first kappa shape index (κ1) is 20.0. The van der Waals surface area contributed by atoms with Crippen LogP contribution in [0.5, 0.6) is 0 Å². The van der Waals surface area contributed by atoms with Crippen molar-refractivity contribution in [1.29, 1.82) is 5.26 Å². The molecular formula is C26H20N4OS. The highest BCUT2D eigenvalue weighted by atomic mass is 32.1. The number of benzene rings is 3. The summed E-state index contributed by atoms with van der Waals surface area (Å²) in [6.45, 7) is 0.369. The van der Waals surface area contributed by atoms with Crippen LogP contribution in [0.15, 0.2) is 96.1 Å². The number of rotatable bonds is 5. The number of anilines is 1. The highest BCUT2D eigenvalue weighted by Crippen LogP contribution is 2.32. The van der Waals surface area contributed by atoms with Crippen LogP contribution in [0.3, 0.4) is 0 Å². The average Bonchev–Trinajstić information content (AvgIpc) is 3.27. The molecule has 0 amide bonds. The molecule has 0 aliphatic carbocycles. The van der Waals surface area contributed by atoms with E-state index in [1.165, 1.54) is 0 Å². The van der Waals surface area contributed by atoms with Crippen molar-refractivity contribution in [3.8, 4) is 17.2 Å². The summed E-state index contributed by atoms with van der Waals surface area (Å²) in [7, 11) is 0. The van der Waals surface area contributed by atoms with Crippen LogP contribution in [0.4, 0.5) is 5.13 Å². The second kappa shape index (κ2) is 9.04. The molecule has 1 atom stereocenters. The molecule has 0 spiro atoms. The van der Waals surface area contributed by atoms with E-state index in [0.29, 0.717) is 19.0 Å². The molecule has 1 aliphatic heterocycles. The molecule has 1 aliphatic rings. The SMILES string of the molecule is N#CCC1C=CN=C(OCc2cccc(-c3ccccc3)c2)N1c1nc2ccccc2s1. The minimum Gasteiger partial charge on any atom is -0.460 e. The minimum absolute atomic E-state index is 0.177. The van der Waals surface area contributed by atoms with Gasteiger partial charge in [-0.2, -0.15) is 5.26 Å². The van der Waals surface area contributed by atoms with Crippen molar-refractivity contribution < 1.29 is 4.74 Å². The summed E-state index contributed by atoms with van der Waals surface area (Å²) in [5.74, 6) is 0. The zero-order chi connectivity index (χ0) is 21.8. The Morgan fingerprint density at radius 3 is 2.62 bits per heavy atom. The van der Waals surface area contributed by atoms with Crippen molar-refractivity contribution in [1.82, 2.24) is 4.98 Å². The Bertz CT molecular complexity index is 1300. The molecule has 6 heteroatoms. The van der Waals surface area contributed by atoms with Gasteiger partial charge >= 0.3 is 0 Å². The van der Waals surface area contributed by atoms with Crippen LogP contribution < -0.4 is 4.90 Å². The molecule has 5 rings (SSSR count). The first-order valence-corrected chi connectivity index (χ1v) is 11.2. The zero-order valence-electron chi connectivity index (χ0n) is 17.3. The first-order chi connectivity index (χ1) is 15.8. The molecule has 32 heavy (non-hydrogen) atoms. The number of nitrogens with zero attached hydrogens (tertiary/aromatic N) is 4. The number of aromatic nitrogens is 1. The van der Waals surface area contributed by atoms with Crippen molar-refractivity contribution in [2.45, 2.75) is 19.1 Å². The molecule has 0 saturated heterocycles. The van der Waals surface area contributed by atoms with E-state index >= 15 is 0 Å². The molecule has 156 valence electrons. The van der Waals surface area contributed by atoms with Gasteiger partial charge in [-0.05, 0) is 41.0 Å². The molecule has 1 unspecified atom stereocenters. The number of aliphatic imine (C=N–C) groups is 1. The maximum Gasteiger partial charge on any atom is 0.299 e. The van der Waals surface area contributed by atoms with Crippen molar-refractivity contribution in [3.63, 3.8) is 0 Å². The van der Waals surface area contributed by atoms with Crippen molar-refractivity contribution in [3.05, 3.63) is 96.7 Å². The lowest BCUT2D eigenvalue weighted by Crippen LogP contribution is -2.42. The summed E-state index contributed by atoms with van der Waals surface area (Å²) in [5.41, 5.74) is 4.28. The number of amidine groups is 1. The van der Waals surface area contributed by atoms with Gasteiger partial charge in [0.25, 0.3) is 6.02 Å². The van der Waals surface area contributed by atoms with Crippen LogP contribution in [0, 0.1) is 11.3 Å². The van der Waals surface area contributed by atoms with Gasteiger partial charge in [-0.25, -0.2) is 9.98 Å². The number of nitriles is 1. The monoisotopic (exact) mass is 436 g/mol. The molecule has 1 aromatic heterocycles. The summed E-state index contributed by atoms with van der Waals surface area (Å²) in [5, 5.41) is 10.1. The van der Waals surface area contributed by atoms with Crippen LogP contribution in [-0.2, 0) is 11.3 Å². The van der Waals surface area contributed by atoms with Gasteiger partial charge in [0.15, 0.2) is 5.13 Å². The van der Waals surface area contributed by atoms with E-state index < -0.39 is 0 Å². The van der Waals surface area contributed by atoms with Crippen molar-refractivity contribution in [2.24, 2.45) is 4.99 Å². The lowest BCUT2D eigenvalue weighted by molar-refractivity contribution is 0.281. The van der Waals surface area contributed by atoms with E-state index in [-0.39, 0.29) is 6.04 Å². The van der Waals surface area contributed by atoms with E-state index in [0.717, 1.165) is 32.0 Å². The Morgan fingerprint density at radius 2 is 1.78 bits per heavy atom. The van der Waals surface area contributed by atoms with Gasteiger partial charge < -0.3 is 4.74 Å². The second-order valence-electron chi connectivity index (χ2n) is 7.37. The summed E-state index contributed by atoms with van der Waals surface area (Å²) in [6, 6.07) is 29.1. The Kier molecular flexibility index (Phi) is 5.65. The Hall–Kier alpha value is -3.95. The van der Waals surface area contributed by atoms with E-state index in [2.05, 4.69) is 35.3 Å². The third kappa shape index (κ3) is 4.11. The van der Waals surface area contributed by atoms with Crippen LogP contribution in [0.2, 0.25) is 0 Å². The number of para-hydroxylation sites is 1. The van der Waals surface area contributed by atoms with Gasteiger partial charge in [0, 0.05) is 6.20 Å². The molecule has 4 aromatic rings. The number of hydrogen-bond acceptors (Lipinski definition) is 6. The fourth-order valence-electron chi connectivity index (χ4n) is 3.66. The topological polar surface area (TPSA) is 61.5 Å². The summed E-state index contributed by atoms with van der Waals surface area (Å²) in [6.07, 6.45) is 3.94. The highest BCUT2D eigenvalue weighted by Gasteiger charge is 2.28. The molecule has 0 N–H and O–H groups in total. The highest BCUT2D eigenvalue weighted by molar-refractivity contribution is 7.22. The molecule has 5 nitrogen and oxygen atoms in total. The van der Waals surface area contributed by atoms with E-state index in [1.54, 1.807) is 17.5 Å². The fraction of sp³-hybridized carbons (Fsp3) is 0.115. The van der Waals surface area contributed by atoms with Gasteiger partial charge in [0.2, 0.25) is 0 Å². The third-order valence-corrected chi connectivity index (χ3v) is 6.26. The molecule has 3 aromatic carbocycles. The number of thiazole rings is 1. The number of fused-ring (bicyclic) bond motifs is 1. The molecule has 0 fully saturated rings. The minimum atomic E-state index is -0.177. The smallest absolute Gasteiger partial charge is 0.299 e. The van der Waals surface area contributed by atoms with Gasteiger partial charge in [-0.3, -0.25) is 4.90 Å². The second-order valence-corrected chi connectivity index (χ2v) is 8.38. The van der Waals surface area contributed by atoms with Gasteiger partial charge in [-0.1, -0.05) is 72.0 Å². The normalized spacial score (nSPS) is 15.4. The largest absolute Gasteiger partial charge is 0.460 e. The molecular weight excluding hydrogens is 416 g/mol. The maximum atomic E-state index is 9.35. The lowest BCUT2D eigenvalue weighted by Gasteiger charge is -2.30. The predicted molar refractivity (Wildman–Crippen MR) is 129 cm³/mol. The number of hydrogen-bond donors (Lipinski definition) is 0. The third-order valence-electron chi connectivity index (χ3n) is 5.22. The van der Waals surface area contributed by atoms with E-state index in [9.17, 15) is 5.26 Å². The van der Waals surface area contributed by atoms with Crippen molar-refractivity contribution >= 4 is 32.7 Å². The quantitative estimate of drug-likeness (QED) is 0.376.